The predicted molar refractivity (Wildman–Crippen MR) is 118 cm³/mol. The van der Waals surface area contributed by atoms with Gasteiger partial charge >= 0.3 is 6.09 Å². The maximum absolute atomic E-state index is 12.2. The molecule has 2 aliphatic rings. The maximum Gasteiger partial charge on any atom is 0.414 e. The number of piperazine rings is 1. The monoisotopic (exact) mass is 427 g/mol. The van der Waals surface area contributed by atoms with Gasteiger partial charge in [-0.2, -0.15) is 0 Å². The van der Waals surface area contributed by atoms with Crippen molar-refractivity contribution < 1.29 is 9.53 Å². The lowest BCUT2D eigenvalue weighted by Crippen LogP contribution is -2.46. The highest BCUT2D eigenvalue weighted by Crippen LogP contribution is 2.23. The van der Waals surface area contributed by atoms with Crippen LogP contribution in [-0.2, 0) is 11.3 Å². The van der Waals surface area contributed by atoms with E-state index in [0.717, 1.165) is 49.9 Å². The van der Waals surface area contributed by atoms with Gasteiger partial charge in [0.05, 0.1) is 35.7 Å². The van der Waals surface area contributed by atoms with Crippen LogP contribution in [0.3, 0.4) is 0 Å². The number of carbonyl (C=O) groups excluding carboxylic acids is 1. The minimum atomic E-state index is -0.351. The molecule has 2 aromatic rings. The van der Waals surface area contributed by atoms with Crippen LogP contribution in [0.2, 0.25) is 0 Å². The van der Waals surface area contributed by atoms with Crippen molar-refractivity contribution in [1.82, 2.24) is 25.2 Å². The van der Waals surface area contributed by atoms with E-state index < -0.39 is 0 Å². The topological polar surface area (TPSA) is 86.7 Å². The van der Waals surface area contributed by atoms with E-state index in [2.05, 4.69) is 30.1 Å². The van der Waals surface area contributed by atoms with Crippen molar-refractivity contribution in [3.63, 3.8) is 0 Å². The summed E-state index contributed by atoms with van der Waals surface area (Å²) >= 11 is 5.01. The van der Waals surface area contributed by atoms with E-state index in [0.29, 0.717) is 18.1 Å². The van der Waals surface area contributed by atoms with Crippen LogP contribution < -0.4 is 15.1 Å². The molecule has 158 valence electrons. The standard InChI is InChI=1S/C20H25N7O2S/c1-15(30)23-12-18-14-27(20(28)29-18)17-2-3-19(24-11-17)26-8-6-25(7-9-26)13-16-10-21-4-5-22-16/h2-5,10-11,18H,6-9,12-14H2,1H3,(H,23,30). The van der Waals surface area contributed by atoms with Gasteiger partial charge in [-0.1, -0.05) is 12.2 Å². The molecule has 1 unspecified atom stereocenters. The molecule has 1 N–H and O–H groups in total. The van der Waals surface area contributed by atoms with Gasteiger partial charge in [0.1, 0.15) is 11.9 Å². The number of thiocarbonyl (C=S) groups is 1. The van der Waals surface area contributed by atoms with Crippen molar-refractivity contribution in [2.75, 3.05) is 49.1 Å². The summed E-state index contributed by atoms with van der Waals surface area (Å²) in [7, 11) is 0. The van der Waals surface area contributed by atoms with Gasteiger partial charge in [0.15, 0.2) is 0 Å². The van der Waals surface area contributed by atoms with Crippen molar-refractivity contribution in [3.8, 4) is 0 Å². The van der Waals surface area contributed by atoms with Crippen LogP contribution in [0.4, 0.5) is 16.3 Å². The van der Waals surface area contributed by atoms with Gasteiger partial charge in [0.2, 0.25) is 0 Å². The molecule has 10 heteroatoms. The fourth-order valence-electron chi connectivity index (χ4n) is 3.60. The van der Waals surface area contributed by atoms with Crippen molar-refractivity contribution in [3.05, 3.63) is 42.6 Å². The molecule has 2 fully saturated rings. The second kappa shape index (κ2) is 9.31. The molecule has 0 saturated carbocycles. The maximum atomic E-state index is 12.2. The molecule has 0 aliphatic carbocycles. The number of nitrogens with one attached hydrogen (secondary N) is 1. The zero-order valence-corrected chi connectivity index (χ0v) is 17.7. The minimum absolute atomic E-state index is 0.225. The van der Waals surface area contributed by atoms with Gasteiger partial charge in [0.25, 0.3) is 0 Å². The van der Waals surface area contributed by atoms with E-state index in [4.69, 9.17) is 17.0 Å². The molecule has 0 aromatic carbocycles. The average Bonchev–Trinajstić information content (AvgIpc) is 3.14. The van der Waals surface area contributed by atoms with Gasteiger partial charge in [0, 0.05) is 51.3 Å². The molecule has 9 nitrogen and oxygen atoms in total. The van der Waals surface area contributed by atoms with Crippen LogP contribution >= 0.6 is 12.2 Å². The molecular weight excluding hydrogens is 402 g/mol. The first-order valence-corrected chi connectivity index (χ1v) is 10.4. The third-order valence-electron chi connectivity index (χ3n) is 5.20. The summed E-state index contributed by atoms with van der Waals surface area (Å²) in [6.07, 6.45) is 6.39. The number of cyclic esters (lactones) is 1. The predicted octanol–water partition coefficient (Wildman–Crippen LogP) is 1.46. The molecule has 0 radical (unpaired) electrons. The van der Waals surface area contributed by atoms with E-state index in [1.807, 2.05) is 25.3 Å². The second-order valence-electron chi connectivity index (χ2n) is 7.39. The highest BCUT2D eigenvalue weighted by molar-refractivity contribution is 7.80. The van der Waals surface area contributed by atoms with Gasteiger partial charge in [-0.25, -0.2) is 9.78 Å². The van der Waals surface area contributed by atoms with Crippen molar-refractivity contribution >= 4 is 34.8 Å². The number of ether oxygens (including phenoxy) is 1. The Balaban J connectivity index is 1.30. The van der Waals surface area contributed by atoms with Crippen LogP contribution in [0.25, 0.3) is 0 Å². The zero-order valence-electron chi connectivity index (χ0n) is 16.9. The van der Waals surface area contributed by atoms with Crippen LogP contribution in [0.15, 0.2) is 36.9 Å². The molecule has 1 amide bonds. The number of nitrogens with zero attached hydrogens (tertiary/aromatic N) is 6. The van der Waals surface area contributed by atoms with Crippen molar-refractivity contribution in [2.45, 2.75) is 19.6 Å². The fourth-order valence-corrected chi connectivity index (χ4v) is 3.68. The van der Waals surface area contributed by atoms with Gasteiger partial charge in [-0.15, -0.1) is 0 Å². The normalized spacial score (nSPS) is 19.6. The largest absolute Gasteiger partial charge is 0.442 e. The smallest absolute Gasteiger partial charge is 0.414 e. The summed E-state index contributed by atoms with van der Waals surface area (Å²) in [5.74, 6) is 0.917. The average molecular weight is 428 g/mol. The second-order valence-corrected chi connectivity index (χ2v) is 8.00. The lowest BCUT2D eigenvalue weighted by molar-refractivity contribution is 0.143. The van der Waals surface area contributed by atoms with E-state index in [1.165, 1.54) is 0 Å². The Morgan fingerprint density at radius 2 is 2.03 bits per heavy atom. The number of aromatic nitrogens is 3. The number of rotatable bonds is 6. The number of carbonyl (C=O) groups is 1. The quantitative estimate of drug-likeness (QED) is 0.689. The lowest BCUT2D eigenvalue weighted by Gasteiger charge is -2.35. The highest BCUT2D eigenvalue weighted by Gasteiger charge is 2.32. The Labute approximate surface area is 181 Å². The summed E-state index contributed by atoms with van der Waals surface area (Å²) in [4.78, 5) is 32.2. The van der Waals surface area contributed by atoms with Crippen molar-refractivity contribution in [1.29, 1.82) is 0 Å². The molecule has 4 rings (SSSR count). The molecule has 2 aromatic heterocycles. The van der Waals surface area contributed by atoms with Gasteiger partial charge in [-0.05, 0) is 19.1 Å². The summed E-state index contributed by atoms with van der Waals surface area (Å²) in [5, 5.41) is 3.04. The molecule has 0 spiro atoms. The third kappa shape index (κ3) is 5.00. The molecule has 2 aliphatic heterocycles. The van der Waals surface area contributed by atoms with E-state index in [1.54, 1.807) is 23.5 Å². The summed E-state index contributed by atoms with van der Waals surface area (Å²) in [6, 6.07) is 3.89. The molecule has 2 saturated heterocycles. The number of hydrogen-bond acceptors (Lipinski definition) is 8. The Hall–Kier alpha value is -2.85. The Bertz CT molecular complexity index is 872. The van der Waals surface area contributed by atoms with E-state index in [-0.39, 0.29) is 12.2 Å². The molecule has 1 atom stereocenters. The Kier molecular flexibility index (Phi) is 6.34. The fraction of sp³-hybridized carbons (Fsp3) is 0.450. The first-order valence-electron chi connectivity index (χ1n) is 9.99. The first kappa shape index (κ1) is 20.4. The number of anilines is 2. The number of amides is 1. The summed E-state index contributed by atoms with van der Waals surface area (Å²) in [5.41, 5.74) is 1.73. The number of hydrogen-bond donors (Lipinski definition) is 1. The third-order valence-corrected chi connectivity index (χ3v) is 5.34. The highest BCUT2D eigenvalue weighted by atomic mass is 32.1. The Morgan fingerprint density at radius 1 is 1.20 bits per heavy atom. The van der Waals surface area contributed by atoms with Crippen molar-refractivity contribution in [2.24, 2.45) is 0 Å². The first-order chi connectivity index (χ1) is 14.6. The van der Waals surface area contributed by atoms with Gasteiger partial charge < -0.3 is 15.0 Å². The zero-order chi connectivity index (χ0) is 20.9. The lowest BCUT2D eigenvalue weighted by atomic mass is 10.2. The van der Waals surface area contributed by atoms with Crippen LogP contribution in [0.5, 0.6) is 0 Å². The summed E-state index contributed by atoms with van der Waals surface area (Å²) in [6.45, 7) is 7.27. The van der Waals surface area contributed by atoms with E-state index >= 15 is 0 Å². The molecule has 4 heterocycles. The SMILES string of the molecule is CC(=S)NCC1CN(c2ccc(N3CCN(Cc4cnccn4)CC3)nc2)C(=O)O1. The van der Waals surface area contributed by atoms with Gasteiger partial charge in [-0.3, -0.25) is 19.8 Å². The molecule has 30 heavy (non-hydrogen) atoms. The number of pyridine rings is 1. The van der Waals surface area contributed by atoms with Crippen LogP contribution in [0, 0.1) is 0 Å². The Morgan fingerprint density at radius 3 is 2.70 bits per heavy atom. The minimum Gasteiger partial charge on any atom is -0.442 e. The molecule has 0 bridgehead atoms. The van der Waals surface area contributed by atoms with Crippen LogP contribution in [0.1, 0.15) is 12.6 Å². The van der Waals surface area contributed by atoms with E-state index in [9.17, 15) is 4.79 Å². The molecular formula is C20H25N7O2S. The van der Waals surface area contributed by atoms with Crippen LogP contribution in [-0.4, -0.2) is 76.3 Å². The summed E-state index contributed by atoms with van der Waals surface area (Å²) < 4.78 is 5.40.